The Morgan fingerprint density at radius 1 is 1.11 bits per heavy atom. The maximum atomic E-state index is 12.9. The van der Waals surface area contributed by atoms with Crippen molar-refractivity contribution in [2.24, 2.45) is 5.14 Å². The molecule has 0 aliphatic carbocycles. The fourth-order valence-electron chi connectivity index (χ4n) is 2.98. The summed E-state index contributed by atoms with van der Waals surface area (Å²) in [6, 6.07) is 15.5. The lowest BCUT2D eigenvalue weighted by molar-refractivity contribution is -0.127. The summed E-state index contributed by atoms with van der Waals surface area (Å²) in [4.78, 5) is 12.9. The zero-order valence-corrected chi connectivity index (χ0v) is 16.5. The van der Waals surface area contributed by atoms with E-state index in [1.165, 1.54) is 0 Å². The van der Waals surface area contributed by atoms with Crippen molar-refractivity contribution in [1.82, 2.24) is 4.31 Å². The summed E-state index contributed by atoms with van der Waals surface area (Å²) in [5, 5.41) is 5.45. The molecule has 27 heavy (non-hydrogen) atoms. The van der Waals surface area contributed by atoms with E-state index in [2.05, 4.69) is 0 Å². The number of benzene rings is 2. The Balaban J connectivity index is 2.34. The van der Waals surface area contributed by atoms with E-state index < -0.39 is 22.2 Å². The summed E-state index contributed by atoms with van der Waals surface area (Å²) in [6.45, 7) is 2.02. The van der Waals surface area contributed by atoms with Gasteiger partial charge in [0.05, 0.1) is 19.6 Å². The van der Waals surface area contributed by atoms with E-state index in [0.717, 1.165) is 22.7 Å². The van der Waals surface area contributed by atoms with E-state index in [0.29, 0.717) is 17.7 Å². The molecule has 2 N–H and O–H groups in total. The molecule has 0 saturated carbocycles. The molecule has 0 aliphatic rings. The van der Waals surface area contributed by atoms with Gasteiger partial charge in [0.1, 0.15) is 5.75 Å². The van der Waals surface area contributed by atoms with Crippen LogP contribution in [-0.4, -0.2) is 25.7 Å². The second kappa shape index (κ2) is 9.53. The Bertz CT molecular complexity index is 836. The Labute approximate surface area is 161 Å². The van der Waals surface area contributed by atoms with E-state index in [9.17, 15) is 13.2 Å². The maximum Gasteiger partial charge on any atom is 0.301 e. The minimum atomic E-state index is -4.22. The molecule has 146 valence electrons. The van der Waals surface area contributed by atoms with E-state index in [1.54, 1.807) is 31.4 Å². The Morgan fingerprint density at radius 2 is 1.74 bits per heavy atom. The van der Waals surface area contributed by atoms with Crippen molar-refractivity contribution < 1.29 is 17.9 Å². The molecule has 0 radical (unpaired) electrons. The van der Waals surface area contributed by atoms with Crippen molar-refractivity contribution >= 4 is 16.1 Å². The number of methoxy groups -OCH3 is 1. The molecule has 6 nitrogen and oxygen atoms in total. The molecule has 2 rings (SSSR count). The van der Waals surface area contributed by atoms with E-state index in [4.69, 9.17) is 9.88 Å². The molecular weight excluding hydrogens is 364 g/mol. The van der Waals surface area contributed by atoms with Crippen LogP contribution < -0.4 is 9.88 Å². The molecule has 0 aromatic heterocycles. The first-order valence-corrected chi connectivity index (χ1v) is 10.4. The molecule has 1 atom stereocenters. The zero-order chi connectivity index (χ0) is 19.9. The fraction of sp³-hybridized carbons (Fsp3) is 0.350. The highest BCUT2D eigenvalue weighted by Crippen LogP contribution is 2.29. The molecule has 0 heterocycles. The lowest BCUT2D eigenvalue weighted by Gasteiger charge is -2.30. The van der Waals surface area contributed by atoms with E-state index >= 15 is 0 Å². The molecule has 2 aromatic rings. The second-order valence-corrected chi connectivity index (χ2v) is 7.75. The van der Waals surface area contributed by atoms with Crippen molar-refractivity contribution in [3.63, 3.8) is 0 Å². The highest BCUT2D eigenvalue weighted by molar-refractivity contribution is 7.87. The standard InChI is InChI=1S/C20H26N2O4S/c1-3-4-10-19(17-8-6-5-7-9-17)22(27(21,24)25)20(23)15-16-11-13-18(26-2)14-12-16/h5-9,11-14,19H,3-4,10,15H2,1-2H3,(H2,21,24,25). The van der Waals surface area contributed by atoms with Crippen LogP contribution in [0.2, 0.25) is 0 Å². The van der Waals surface area contributed by atoms with Crippen LogP contribution in [0.1, 0.15) is 43.4 Å². The van der Waals surface area contributed by atoms with Crippen LogP contribution >= 0.6 is 0 Å². The van der Waals surface area contributed by atoms with Crippen LogP contribution in [0.15, 0.2) is 54.6 Å². The lowest BCUT2D eigenvalue weighted by atomic mass is 10.0. The average molecular weight is 391 g/mol. The smallest absolute Gasteiger partial charge is 0.301 e. The van der Waals surface area contributed by atoms with Crippen molar-refractivity contribution in [2.45, 2.75) is 38.6 Å². The summed E-state index contributed by atoms with van der Waals surface area (Å²) >= 11 is 0. The predicted octanol–water partition coefficient (Wildman–Crippen LogP) is 3.20. The van der Waals surface area contributed by atoms with Crippen LogP contribution in [0.4, 0.5) is 0 Å². The number of nitrogens with zero attached hydrogens (tertiary/aromatic N) is 1. The monoisotopic (exact) mass is 390 g/mol. The number of carbonyl (C=O) groups is 1. The highest BCUT2D eigenvalue weighted by Gasteiger charge is 2.32. The van der Waals surface area contributed by atoms with Gasteiger partial charge < -0.3 is 4.74 Å². The number of nitrogens with two attached hydrogens (primary N) is 1. The van der Waals surface area contributed by atoms with E-state index in [-0.39, 0.29) is 6.42 Å². The van der Waals surface area contributed by atoms with E-state index in [1.807, 2.05) is 37.3 Å². The van der Waals surface area contributed by atoms with Gasteiger partial charge in [0.15, 0.2) is 0 Å². The SMILES string of the molecule is CCCCC(c1ccccc1)N(C(=O)Cc1ccc(OC)cc1)S(N)(=O)=O. The Morgan fingerprint density at radius 3 is 2.26 bits per heavy atom. The van der Waals surface area contributed by atoms with Crippen LogP contribution in [0.25, 0.3) is 0 Å². The van der Waals surface area contributed by atoms with Crippen LogP contribution in [0, 0.1) is 0 Å². The van der Waals surface area contributed by atoms with Gasteiger partial charge in [-0.05, 0) is 29.7 Å². The third kappa shape index (κ3) is 5.80. The third-order valence-corrected chi connectivity index (χ3v) is 5.34. The number of unbranched alkanes of at least 4 members (excludes halogenated alkanes) is 1. The van der Waals surface area contributed by atoms with Crippen molar-refractivity contribution in [3.05, 3.63) is 65.7 Å². The van der Waals surface area contributed by atoms with Gasteiger partial charge in [-0.15, -0.1) is 0 Å². The topological polar surface area (TPSA) is 89.7 Å². The van der Waals surface area contributed by atoms with Crippen molar-refractivity contribution in [3.8, 4) is 5.75 Å². The van der Waals surface area contributed by atoms with Gasteiger partial charge in [0.25, 0.3) is 0 Å². The number of rotatable bonds is 9. The summed E-state index contributed by atoms with van der Waals surface area (Å²) in [6.07, 6.45) is 2.12. The number of ether oxygens (including phenoxy) is 1. The number of hydrogen-bond donors (Lipinski definition) is 1. The summed E-state index contributed by atoms with van der Waals surface area (Å²) in [5.41, 5.74) is 1.44. The fourth-order valence-corrected chi connectivity index (χ4v) is 3.91. The largest absolute Gasteiger partial charge is 0.497 e. The highest BCUT2D eigenvalue weighted by atomic mass is 32.2. The number of hydrogen-bond acceptors (Lipinski definition) is 4. The molecule has 0 bridgehead atoms. The second-order valence-electron chi connectivity index (χ2n) is 6.33. The lowest BCUT2D eigenvalue weighted by Crippen LogP contribution is -2.44. The molecule has 0 aliphatic heterocycles. The summed E-state index contributed by atoms with van der Waals surface area (Å²) in [5.74, 6) is 0.118. The van der Waals surface area contributed by atoms with Gasteiger partial charge >= 0.3 is 10.2 Å². The van der Waals surface area contributed by atoms with Crippen LogP contribution in [-0.2, 0) is 21.4 Å². The van der Waals surface area contributed by atoms with Crippen molar-refractivity contribution in [2.75, 3.05) is 7.11 Å². The molecule has 2 aromatic carbocycles. The van der Waals surface area contributed by atoms with Gasteiger partial charge in [-0.2, -0.15) is 8.42 Å². The molecule has 1 unspecified atom stereocenters. The van der Waals surface area contributed by atoms with Crippen molar-refractivity contribution in [1.29, 1.82) is 0 Å². The number of amides is 1. The average Bonchev–Trinajstić information content (AvgIpc) is 2.65. The van der Waals surface area contributed by atoms with Crippen LogP contribution in [0.5, 0.6) is 5.75 Å². The Hall–Kier alpha value is -2.38. The zero-order valence-electron chi connectivity index (χ0n) is 15.7. The minimum Gasteiger partial charge on any atom is -0.497 e. The predicted molar refractivity (Wildman–Crippen MR) is 105 cm³/mol. The third-order valence-electron chi connectivity index (χ3n) is 4.33. The maximum absolute atomic E-state index is 12.9. The molecular formula is C20H26N2O4S. The summed E-state index contributed by atoms with van der Waals surface area (Å²) < 4.78 is 30.5. The van der Waals surface area contributed by atoms with Gasteiger partial charge in [0.2, 0.25) is 5.91 Å². The van der Waals surface area contributed by atoms with Gasteiger partial charge in [-0.3, -0.25) is 4.79 Å². The molecule has 0 fully saturated rings. The normalized spacial score (nSPS) is 12.4. The molecule has 0 spiro atoms. The molecule has 0 saturated heterocycles. The van der Waals surface area contributed by atoms with Gasteiger partial charge in [-0.25, -0.2) is 9.44 Å². The summed E-state index contributed by atoms with van der Waals surface area (Å²) in [7, 11) is -2.66. The van der Waals surface area contributed by atoms with Gasteiger partial charge in [0, 0.05) is 0 Å². The Kier molecular flexibility index (Phi) is 7.38. The molecule has 1 amide bonds. The first-order valence-electron chi connectivity index (χ1n) is 8.89. The van der Waals surface area contributed by atoms with Gasteiger partial charge in [-0.1, -0.05) is 62.2 Å². The molecule has 7 heteroatoms. The van der Waals surface area contributed by atoms with Crippen LogP contribution in [0.3, 0.4) is 0 Å². The number of carbonyl (C=O) groups excluding carboxylic acids is 1. The first-order chi connectivity index (χ1) is 12.9. The first kappa shape index (κ1) is 20.9. The quantitative estimate of drug-likeness (QED) is 0.712. The minimum absolute atomic E-state index is 0.0596.